The van der Waals surface area contributed by atoms with Crippen molar-refractivity contribution < 1.29 is 14.7 Å². The molecular formula is C14H21N3O3. The molecular weight excluding hydrogens is 258 g/mol. The van der Waals surface area contributed by atoms with Crippen molar-refractivity contribution in [1.29, 1.82) is 0 Å². The second-order valence-corrected chi connectivity index (χ2v) is 5.13. The van der Waals surface area contributed by atoms with Crippen LogP contribution < -0.4 is 5.32 Å². The van der Waals surface area contributed by atoms with Crippen molar-refractivity contribution in [1.82, 2.24) is 14.8 Å². The molecule has 110 valence electrons. The third kappa shape index (κ3) is 3.60. The third-order valence-corrected chi connectivity index (χ3v) is 3.68. The number of nitrogens with zero attached hydrogens (tertiary/aromatic N) is 2. The molecule has 0 bridgehead atoms. The van der Waals surface area contributed by atoms with Gasteiger partial charge < -0.3 is 19.9 Å². The average molecular weight is 279 g/mol. The molecule has 1 fully saturated rings. The summed E-state index contributed by atoms with van der Waals surface area (Å²) in [4.78, 5) is 25.3. The first-order valence-electron chi connectivity index (χ1n) is 7.00. The molecule has 2 N–H and O–H groups in total. The van der Waals surface area contributed by atoms with Gasteiger partial charge in [0, 0.05) is 18.8 Å². The zero-order valence-corrected chi connectivity index (χ0v) is 11.7. The van der Waals surface area contributed by atoms with Crippen molar-refractivity contribution >= 4 is 11.9 Å². The van der Waals surface area contributed by atoms with Crippen molar-refractivity contribution in [2.75, 3.05) is 19.6 Å². The Morgan fingerprint density at radius 3 is 3.00 bits per heavy atom. The van der Waals surface area contributed by atoms with Crippen LogP contribution in [0.5, 0.6) is 0 Å². The van der Waals surface area contributed by atoms with Crippen LogP contribution in [0, 0.1) is 0 Å². The molecule has 1 saturated heterocycles. The quantitative estimate of drug-likeness (QED) is 0.835. The Morgan fingerprint density at radius 2 is 2.30 bits per heavy atom. The lowest BCUT2D eigenvalue weighted by molar-refractivity contribution is -0.122. The van der Waals surface area contributed by atoms with Crippen LogP contribution in [-0.4, -0.2) is 52.1 Å². The number of carbonyl (C=O) groups excluding carboxylic acids is 1. The zero-order valence-electron chi connectivity index (χ0n) is 11.7. The number of hydrogen-bond acceptors (Lipinski definition) is 3. The summed E-state index contributed by atoms with van der Waals surface area (Å²) in [7, 11) is 0. The van der Waals surface area contributed by atoms with Crippen LogP contribution in [0.15, 0.2) is 18.3 Å². The molecule has 2 rings (SSSR count). The molecule has 1 amide bonds. The van der Waals surface area contributed by atoms with Gasteiger partial charge in [0.2, 0.25) is 5.91 Å². The molecule has 1 aliphatic rings. The molecule has 6 heteroatoms. The molecule has 1 atom stereocenters. The van der Waals surface area contributed by atoms with E-state index < -0.39 is 5.97 Å². The highest BCUT2D eigenvalue weighted by atomic mass is 16.4. The minimum Gasteiger partial charge on any atom is -0.477 e. The van der Waals surface area contributed by atoms with Crippen LogP contribution in [-0.2, 0) is 11.3 Å². The smallest absolute Gasteiger partial charge is 0.352 e. The summed E-state index contributed by atoms with van der Waals surface area (Å²) < 4.78 is 1.46. The van der Waals surface area contributed by atoms with Gasteiger partial charge in [-0.05, 0) is 38.1 Å². The van der Waals surface area contributed by atoms with Gasteiger partial charge in [0.05, 0.1) is 0 Å². The van der Waals surface area contributed by atoms with Gasteiger partial charge >= 0.3 is 5.97 Å². The Balaban J connectivity index is 1.89. The number of aromatic nitrogens is 1. The van der Waals surface area contributed by atoms with E-state index in [0.29, 0.717) is 0 Å². The summed E-state index contributed by atoms with van der Waals surface area (Å²) in [6, 6.07) is 3.30. The number of carboxylic acid groups (broad SMARTS) is 1. The number of aromatic carboxylic acids is 1. The standard InChI is InChI=1S/C14H21N3O3/c1-2-16-7-3-5-11(9-16)15-13(18)10-17-8-4-6-12(17)14(19)20/h4,6,8,11H,2-3,5,7,9-10H2,1H3,(H,15,18)(H,19,20). The first-order valence-corrected chi connectivity index (χ1v) is 7.00. The van der Waals surface area contributed by atoms with Crippen molar-refractivity contribution in [3.63, 3.8) is 0 Å². The van der Waals surface area contributed by atoms with Gasteiger partial charge in [0.15, 0.2) is 0 Å². The van der Waals surface area contributed by atoms with Gasteiger partial charge in [-0.3, -0.25) is 4.79 Å². The number of hydrogen-bond donors (Lipinski definition) is 2. The lowest BCUT2D eigenvalue weighted by atomic mass is 10.1. The molecule has 6 nitrogen and oxygen atoms in total. The molecule has 2 heterocycles. The number of likely N-dealkylation sites (tertiary alicyclic amines) is 1. The highest BCUT2D eigenvalue weighted by Gasteiger charge is 2.20. The monoisotopic (exact) mass is 279 g/mol. The van der Waals surface area contributed by atoms with Gasteiger partial charge in [0.25, 0.3) is 0 Å². The Bertz CT molecular complexity index is 484. The minimum atomic E-state index is -1.02. The lowest BCUT2D eigenvalue weighted by Crippen LogP contribution is -2.48. The normalized spacial score (nSPS) is 19.8. The van der Waals surface area contributed by atoms with Gasteiger partial charge in [-0.15, -0.1) is 0 Å². The summed E-state index contributed by atoms with van der Waals surface area (Å²) in [6.45, 7) is 5.12. The maximum absolute atomic E-state index is 12.0. The minimum absolute atomic E-state index is 0.0528. The summed E-state index contributed by atoms with van der Waals surface area (Å²) >= 11 is 0. The Morgan fingerprint density at radius 1 is 1.50 bits per heavy atom. The summed E-state index contributed by atoms with van der Waals surface area (Å²) in [5.41, 5.74) is 0.138. The maximum atomic E-state index is 12.0. The Labute approximate surface area is 118 Å². The SMILES string of the molecule is CCN1CCCC(NC(=O)Cn2cccc2C(=O)O)C1. The molecule has 0 saturated carbocycles. The van der Waals surface area contributed by atoms with E-state index in [1.54, 1.807) is 12.3 Å². The molecule has 1 aromatic heterocycles. The summed E-state index contributed by atoms with van der Waals surface area (Å²) in [6.07, 6.45) is 3.69. The first-order chi connectivity index (χ1) is 9.60. The van der Waals surface area contributed by atoms with E-state index in [1.165, 1.54) is 10.6 Å². The highest BCUT2D eigenvalue weighted by molar-refractivity contribution is 5.86. The first kappa shape index (κ1) is 14.6. The largest absolute Gasteiger partial charge is 0.477 e. The average Bonchev–Trinajstić information content (AvgIpc) is 2.87. The van der Waals surface area contributed by atoms with Gasteiger partial charge in [0.1, 0.15) is 12.2 Å². The number of piperidine rings is 1. The molecule has 0 aliphatic carbocycles. The molecule has 0 spiro atoms. The van der Waals surface area contributed by atoms with Crippen LogP contribution in [0.4, 0.5) is 0 Å². The highest BCUT2D eigenvalue weighted by Crippen LogP contribution is 2.10. The van der Waals surface area contributed by atoms with E-state index in [-0.39, 0.29) is 24.2 Å². The fraction of sp³-hybridized carbons (Fsp3) is 0.571. The number of amides is 1. The number of carbonyl (C=O) groups is 2. The van der Waals surface area contributed by atoms with Gasteiger partial charge in [-0.1, -0.05) is 6.92 Å². The Kier molecular flexibility index (Phi) is 4.79. The number of carboxylic acids is 1. The van der Waals surface area contributed by atoms with E-state index in [2.05, 4.69) is 17.1 Å². The van der Waals surface area contributed by atoms with Crippen LogP contribution in [0.1, 0.15) is 30.3 Å². The van der Waals surface area contributed by atoms with Crippen molar-refractivity contribution in [3.05, 3.63) is 24.0 Å². The number of likely N-dealkylation sites (N-methyl/N-ethyl adjacent to an activating group) is 1. The summed E-state index contributed by atoms with van der Waals surface area (Å²) in [5.74, 6) is -1.15. The van der Waals surface area contributed by atoms with Crippen LogP contribution >= 0.6 is 0 Å². The predicted octanol–water partition coefficient (Wildman–Crippen LogP) is 0.787. The van der Waals surface area contributed by atoms with Gasteiger partial charge in [-0.25, -0.2) is 4.79 Å². The zero-order chi connectivity index (χ0) is 14.5. The molecule has 0 aromatic carbocycles. The molecule has 1 unspecified atom stereocenters. The Hall–Kier alpha value is -1.82. The van der Waals surface area contributed by atoms with Crippen molar-refractivity contribution in [2.45, 2.75) is 32.4 Å². The molecule has 20 heavy (non-hydrogen) atoms. The van der Waals surface area contributed by atoms with Crippen molar-refractivity contribution in [3.8, 4) is 0 Å². The van der Waals surface area contributed by atoms with E-state index in [4.69, 9.17) is 5.11 Å². The summed E-state index contributed by atoms with van der Waals surface area (Å²) in [5, 5.41) is 12.0. The predicted molar refractivity (Wildman–Crippen MR) is 74.7 cm³/mol. The molecule has 0 radical (unpaired) electrons. The van der Waals surface area contributed by atoms with E-state index in [0.717, 1.165) is 32.5 Å². The fourth-order valence-electron chi connectivity index (χ4n) is 2.63. The maximum Gasteiger partial charge on any atom is 0.352 e. The lowest BCUT2D eigenvalue weighted by Gasteiger charge is -2.32. The fourth-order valence-corrected chi connectivity index (χ4v) is 2.63. The number of nitrogens with one attached hydrogen (secondary N) is 1. The second-order valence-electron chi connectivity index (χ2n) is 5.13. The van der Waals surface area contributed by atoms with E-state index in [1.807, 2.05) is 0 Å². The topological polar surface area (TPSA) is 74.6 Å². The molecule has 1 aliphatic heterocycles. The van der Waals surface area contributed by atoms with E-state index in [9.17, 15) is 9.59 Å². The molecule has 1 aromatic rings. The number of rotatable bonds is 5. The van der Waals surface area contributed by atoms with Crippen LogP contribution in [0.3, 0.4) is 0 Å². The second kappa shape index (κ2) is 6.56. The van der Waals surface area contributed by atoms with Gasteiger partial charge in [-0.2, -0.15) is 0 Å². The van der Waals surface area contributed by atoms with Crippen LogP contribution in [0.25, 0.3) is 0 Å². The van der Waals surface area contributed by atoms with Crippen LogP contribution in [0.2, 0.25) is 0 Å². The third-order valence-electron chi connectivity index (χ3n) is 3.68. The van der Waals surface area contributed by atoms with Crippen molar-refractivity contribution in [2.24, 2.45) is 0 Å². The van der Waals surface area contributed by atoms with E-state index >= 15 is 0 Å².